The van der Waals surface area contributed by atoms with E-state index in [4.69, 9.17) is 0 Å². The van der Waals surface area contributed by atoms with Crippen LogP contribution in [0.1, 0.15) is 73.4 Å². The smallest absolute Gasteiger partial charge is 0.289 e. The van der Waals surface area contributed by atoms with Gasteiger partial charge in [-0.3, -0.25) is 14.1 Å². The van der Waals surface area contributed by atoms with Crippen LogP contribution in [0.4, 0.5) is 0 Å². The van der Waals surface area contributed by atoms with E-state index in [9.17, 15) is 4.79 Å². The van der Waals surface area contributed by atoms with Crippen molar-refractivity contribution in [1.82, 2.24) is 29.8 Å². The molecule has 7 heteroatoms. The van der Waals surface area contributed by atoms with E-state index in [0.717, 1.165) is 37.3 Å². The van der Waals surface area contributed by atoms with Gasteiger partial charge in [0.1, 0.15) is 0 Å². The Morgan fingerprint density at radius 2 is 1.85 bits per heavy atom. The van der Waals surface area contributed by atoms with Gasteiger partial charge in [-0.2, -0.15) is 0 Å². The molecule has 27 heavy (non-hydrogen) atoms. The van der Waals surface area contributed by atoms with Crippen LogP contribution in [0.25, 0.3) is 5.78 Å². The highest BCUT2D eigenvalue weighted by atomic mass is 16.2. The highest BCUT2D eigenvalue weighted by Crippen LogP contribution is 2.24. The topological polar surface area (TPSA) is 75.4 Å². The van der Waals surface area contributed by atoms with Gasteiger partial charge in [-0.15, -0.1) is 10.2 Å². The summed E-state index contributed by atoms with van der Waals surface area (Å²) in [7, 11) is 0. The molecular weight excluding hydrogens is 340 g/mol. The zero-order valence-electron chi connectivity index (χ0n) is 16.4. The number of rotatable bonds is 3. The molecular formula is C20H30N6O. The Morgan fingerprint density at radius 1 is 1.07 bits per heavy atom. The molecule has 2 aromatic rings. The number of amides is 1. The number of piperidine rings is 1. The minimum absolute atomic E-state index is 0.149. The molecule has 0 aromatic carbocycles. The summed E-state index contributed by atoms with van der Waals surface area (Å²) in [4.78, 5) is 19.9. The van der Waals surface area contributed by atoms with Gasteiger partial charge in [-0.25, -0.2) is 4.98 Å². The SMILES string of the molecule is Cc1cc(C)n2c(C(=O)N[C@@H]3CCCN(C4CCCCCC4)C3)nnc2n1. The van der Waals surface area contributed by atoms with Crippen LogP contribution < -0.4 is 5.32 Å². The van der Waals surface area contributed by atoms with Crippen molar-refractivity contribution in [2.45, 2.75) is 77.3 Å². The van der Waals surface area contributed by atoms with Crippen molar-refractivity contribution in [3.63, 3.8) is 0 Å². The second kappa shape index (κ2) is 7.92. The summed E-state index contributed by atoms with van der Waals surface area (Å²) in [5.41, 5.74) is 1.81. The third-order valence-electron chi connectivity index (χ3n) is 6.03. The number of aromatic nitrogens is 4. The molecule has 2 fully saturated rings. The van der Waals surface area contributed by atoms with Gasteiger partial charge in [0.25, 0.3) is 11.7 Å². The van der Waals surface area contributed by atoms with Crippen molar-refractivity contribution < 1.29 is 4.79 Å². The largest absolute Gasteiger partial charge is 0.345 e. The van der Waals surface area contributed by atoms with Crippen molar-refractivity contribution in [3.8, 4) is 0 Å². The van der Waals surface area contributed by atoms with Gasteiger partial charge in [0.05, 0.1) is 0 Å². The van der Waals surface area contributed by atoms with E-state index in [1.165, 1.54) is 38.5 Å². The van der Waals surface area contributed by atoms with Gasteiger partial charge < -0.3 is 5.32 Å². The van der Waals surface area contributed by atoms with Crippen LogP contribution >= 0.6 is 0 Å². The van der Waals surface area contributed by atoms with E-state index in [1.54, 1.807) is 4.40 Å². The summed E-state index contributed by atoms with van der Waals surface area (Å²) in [5, 5.41) is 11.4. The van der Waals surface area contributed by atoms with Crippen molar-refractivity contribution in [2.75, 3.05) is 13.1 Å². The van der Waals surface area contributed by atoms with Crippen LogP contribution in [0, 0.1) is 13.8 Å². The Labute approximate surface area is 160 Å². The fourth-order valence-electron chi connectivity index (χ4n) is 4.71. The number of nitrogens with one attached hydrogen (secondary N) is 1. The number of hydrogen-bond donors (Lipinski definition) is 1. The molecule has 1 saturated carbocycles. The first kappa shape index (κ1) is 18.3. The van der Waals surface area contributed by atoms with Gasteiger partial charge in [0.15, 0.2) is 0 Å². The van der Waals surface area contributed by atoms with Crippen LogP contribution in [0.3, 0.4) is 0 Å². The summed E-state index contributed by atoms with van der Waals surface area (Å²) in [6.07, 6.45) is 10.2. The van der Waals surface area contributed by atoms with E-state index in [1.807, 2.05) is 19.9 Å². The van der Waals surface area contributed by atoms with Gasteiger partial charge in [0.2, 0.25) is 5.82 Å². The maximum atomic E-state index is 12.9. The van der Waals surface area contributed by atoms with Gasteiger partial charge >= 0.3 is 0 Å². The zero-order chi connectivity index (χ0) is 18.8. The summed E-state index contributed by atoms with van der Waals surface area (Å²) in [5.74, 6) is 0.673. The summed E-state index contributed by atoms with van der Waals surface area (Å²) >= 11 is 0. The highest BCUT2D eigenvalue weighted by Gasteiger charge is 2.28. The minimum Gasteiger partial charge on any atom is -0.345 e. The summed E-state index contributed by atoms with van der Waals surface area (Å²) < 4.78 is 1.74. The molecule has 2 aliphatic rings. The molecule has 4 rings (SSSR count). The van der Waals surface area contributed by atoms with Crippen LogP contribution in [0.15, 0.2) is 6.07 Å². The first-order valence-corrected chi connectivity index (χ1v) is 10.4. The Morgan fingerprint density at radius 3 is 2.63 bits per heavy atom. The predicted octanol–water partition coefficient (Wildman–Crippen LogP) is 2.66. The molecule has 0 radical (unpaired) electrons. The van der Waals surface area contributed by atoms with E-state index in [0.29, 0.717) is 17.6 Å². The average molecular weight is 371 g/mol. The molecule has 1 N–H and O–H groups in total. The van der Waals surface area contributed by atoms with Crippen LogP contribution in [-0.2, 0) is 0 Å². The lowest BCUT2D eigenvalue weighted by atomic mass is 10.00. The molecule has 1 amide bonds. The standard InChI is InChI=1S/C20H30N6O/c1-14-12-15(2)26-18(23-24-20(26)21-14)19(27)22-16-8-7-11-25(13-16)17-9-5-3-4-6-10-17/h12,16-17H,3-11,13H2,1-2H3,(H,22,27)/t16-/m1/s1. The Kier molecular flexibility index (Phi) is 5.38. The van der Waals surface area contributed by atoms with Crippen LogP contribution in [0.2, 0.25) is 0 Å². The Hall–Kier alpha value is -2.02. The van der Waals surface area contributed by atoms with Gasteiger partial charge in [0, 0.05) is 30.0 Å². The van der Waals surface area contributed by atoms with Crippen molar-refractivity contribution in [1.29, 1.82) is 0 Å². The van der Waals surface area contributed by atoms with Crippen LogP contribution in [-0.4, -0.2) is 55.6 Å². The van der Waals surface area contributed by atoms with Crippen molar-refractivity contribution in [3.05, 3.63) is 23.3 Å². The first-order chi connectivity index (χ1) is 13.1. The number of nitrogens with zero attached hydrogens (tertiary/aromatic N) is 5. The lowest BCUT2D eigenvalue weighted by Crippen LogP contribution is -2.51. The molecule has 0 unspecified atom stereocenters. The maximum Gasteiger partial charge on any atom is 0.289 e. The lowest BCUT2D eigenvalue weighted by Gasteiger charge is -2.38. The first-order valence-electron chi connectivity index (χ1n) is 10.4. The zero-order valence-corrected chi connectivity index (χ0v) is 16.4. The molecule has 7 nitrogen and oxygen atoms in total. The molecule has 0 spiro atoms. The molecule has 146 valence electrons. The van der Waals surface area contributed by atoms with E-state index in [2.05, 4.69) is 25.4 Å². The fourth-order valence-corrected chi connectivity index (χ4v) is 4.71. The quantitative estimate of drug-likeness (QED) is 0.841. The van der Waals surface area contributed by atoms with Crippen molar-refractivity contribution >= 4 is 11.7 Å². The molecule has 1 aliphatic carbocycles. The number of hydrogen-bond acceptors (Lipinski definition) is 5. The summed E-state index contributed by atoms with van der Waals surface area (Å²) in [6, 6.07) is 2.82. The lowest BCUT2D eigenvalue weighted by molar-refractivity contribution is 0.0849. The average Bonchev–Trinajstić information content (AvgIpc) is 2.89. The molecule has 0 bridgehead atoms. The van der Waals surface area contributed by atoms with Crippen LogP contribution in [0.5, 0.6) is 0 Å². The number of carbonyl (C=O) groups excluding carboxylic acids is 1. The highest BCUT2D eigenvalue weighted by molar-refractivity contribution is 5.91. The molecule has 1 atom stereocenters. The van der Waals surface area contributed by atoms with Crippen molar-refractivity contribution in [2.24, 2.45) is 0 Å². The van der Waals surface area contributed by atoms with Gasteiger partial charge in [-0.05, 0) is 52.1 Å². The maximum absolute atomic E-state index is 12.9. The third kappa shape index (κ3) is 3.98. The number of aryl methyl sites for hydroxylation is 2. The second-order valence-corrected chi connectivity index (χ2v) is 8.15. The molecule has 2 aromatic heterocycles. The normalized spacial score (nSPS) is 22.7. The molecule has 3 heterocycles. The molecule has 1 saturated heterocycles. The monoisotopic (exact) mass is 370 g/mol. The second-order valence-electron chi connectivity index (χ2n) is 8.15. The Bertz CT molecular complexity index is 808. The third-order valence-corrected chi connectivity index (χ3v) is 6.03. The van der Waals surface area contributed by atoms with E-state index >= 15 is 0 Å². The molecule has 1 aliphatic heterocycles. The number of fused-ring (bicyclic) bond motifs is 1. The number of likely N-dealkylation sites (tertiary alicyclic amines) is 1. The Balaban J connectivity index is 1.45. The van der Waals surface area contributed by atoms with Gasteiger partial charge in [-0.1, -0.05) is 25.7 Å². The predicted molar refractivity (Wildman–Crippen MR) is 104 cm³/mol. The summed E-state index contributed by atoms with van der Waals surface area (Å²) in [6.45, 7) is 5.98. The number of carbonyl (C=O) groups is 1. The van der Waals surface area contributed by atoms with E-state index in [-0.39, 0.29) is 11.9 Å². The fraction of sp³-hybridized carbons (Fsp3) is 0.700. The minimum atomic E-state index is -0.149. The van der Waals surface area contributed by atoms with E-state index < -0.39 is 0 Å².